The fourth-order valence-electron chi connectivity index (χ4n) is 1.99. The van der Waals surface area contributed by atoms with Gasteiger partial charge in [-0.2, -0.15) is 0 Å². The van der Waals surface area contributed by atoms with Gasteiger partial charge in [0, 0.05) is 11.0 Å². The number of halogens is 2. The van der Waals surface area contributed by atoms with E-state index in [1.165, 1.54) is 18.2 Å². The van der Waals surface area contributed by atoms with E-state index in [0.29, 0.717) is 23.0 Å². The Hall–Kier alpha value is -1.43. The molecule has 1 heterocycles. The van der Waals surface area contributed by atoms with E-state index in [1.807, 2.05) is 0 Å². The number of hydrogen-bond donors (Lipinski definition) is 2. The predicted octanol–water partition coefficient (Wildman–Crippen LogP) is 1.99. The van der Waals surface area contributed by atoms with Crippen LogP contribution in [0.1, 0.15) is 29.6 Å². The molecule has 0 aromatic heterocycles. The van der Waals surface area contributed by atoms with Crippen LogP contribution in [0.3, 0.4) is 0 Å². The summed E-state index contributed by atoms with van der Waals surface area (Å²) in [7, 11) is 0. The standard InChI is InChI=1S/C13H14BrFN2O2/c14-10-7-8(15)4-5-9(10)12(18)17-11-3-1-2-6-16-13(11)19/h4-5,7,11H,1-3,6H2,(H,16,19)(H,17,18). The molecule has 2 amide bonds. The number of rotatable bonds is 2. The molecule has 0 spiro atoms. The summed E-state index contributed by atoms with van der Waals surface area (Å²) in [5.41, 5.74) is 0.318. The summed E-state index contributed by atoms with van der Waals surface area (Å²) >= 11 is 3.14. The molecule has 1 aromatic carbocycles. The summed E-state index contributed by atoms with van der Waals surface area (Å²) in [6.45, 7) is 0.644. The molecule has 1 unspecified atom stereocenters. The first kappa shape index (κ1) is 14.0. The highest BCUT2D eigenvalue weighted by Gasteiger charge is 2.23. The van der Waals surface area contributed by atoms with Crippen molar-refractivity contribution in [1.82, 2.24) is 10.6 Å². The minimum absolute atomic E-state index is 0.163. The van der Waals surface area contributed by atoms with E-state index in [4.69, 9.17) is 0 Å². The SMILES string of the molecule is O=C(NC1CCCCNC1=O)c1ccc(F)cc1Br. The Morgan fingerprint density at radius 2 is 2.21 bits per heavy atom. The number of nitrogens with one attached hydrogen (secondary N) is 2. The Labute approximate surface area is 118 Å². The highest BCUT2D eigenvalue weighted by Crippen LogP contribution is 2.18. The zero-order valence-corrected chi connectivity index (χ0v) is 11.8. The molecular weight excluding hydrogens is 315 g/mol. The fourth-order valence-corrected chi connectivity index (χ4v) is 2.52. The quantitative estimate of drug-likeness (QED) is 0.872. The van der Waals surface area contributed by atoms with Crippen molar-refractivity contribution in [3.05, 3.63) is 34.1 Å². The third-order valence-electron chi connectivity index (χ3n) is 3.02. The van der Waals surface area contributed by atoms with Gasteiger partial charge in [-0.15, -0.1) is 0 Å². The molecule has 2 rings (SSSR count). The van der Waals surface area contributed by atoms with Gasteiger partial charge in [-0.1, -0.05) is 0 Å². The van der Waals surface area contributed by atoms with Crippen molar-refractivity contribution in [2.24, 2.45) is 0 Å². The van der Waals surface area contributed by atoms with Crippen LogP contribution in [-0.2, 0) is 4.79 Å². The van der Waals surface area contributed by atoms with Crippen LogP contribution in [0.2, 0.25) is 0 Å². The van der Waals surface area contributed by atoms with Gasteiger partial charge in [0.25, 0.3) is 5.91 Å². The van der Waals surface area contributed by atoms with Crippen molar-refractivity contribution in [2.75, 3.05) is 6.54 Å². The zero-order chi connectivity index (χ0) is 13.8. The Morgan fingerprint density at radius 1 is 1.42 bits per heavy atom. The van der Waals surface area contributed by atoms with Gasteiger partial charge in [-0.3, -0.25) is 9.59 Å². The molecule has 1 atom stereocenters. The number of carbonyl (C=O) groups is 2. The molecule has 0 aliphatic carbocycles. The predicted molar refractivity (Wildman–Crippen MR) is 72.2 cm³/mol. The first-order chi connectivity index (χ1) is 9.08. The van der Waals surface area contributed by atoms with Crippen LogP contribution in [0.15, 0.2) is 22.7 Å². The minimum atomic E-state index is -0.521. The molecule has 102 valence electrons. The molecule has 6 heteroatoms. The Morgan fingerprint density at radius 3 is 2.95 bits per heavy atom. The van der Waals surface area contributed by atoms with Gasteiger partial charge in [-0.25, -0.2) is 4.39 Å². The highest BCUT2D eigenvalue weighted by molar-refractivity contribution is 9.10. The third kappa shape index (κ3) is 3.53. The molecule has 1 saturated heterocycles. The normalized spacial score (nSPS) is 19.5. The lowest BCUT2D eigenvalue weighted by Crippen LogP contribution is -2.45. The van der Waals surface area contributed by atoms with Crippen molar-refractivity contribution in [1.29, 1.82) is 0 Å². The van der Waals surface area contributed by atoms with Crippen LogP contribution >= 0.6 is 15.9 Å². The molecule has 4 nitrogen and oxygen atoms in total. The van der Waals surface area contributed by atoms with E-state index in [9.17, 15) is 14.0 Å². The van der Waals surface area contributed by atoms with Gasteiger partial charge >= 0.3 is 0 Å². The Bertz CT molecular complexity index is 507. The van der Waals surface area contributed by atoms with Crippen LogP contribution in [-0.4, -0.2) is 24.4 Å². The topological polar surface area (TPSA) is 58.2 Å². The number of benzene rings is 1. The zero-order valence-electron chi connectivity index (χ0n) is 10.2. The number of hydrogen-bond acceptors (Lipinski definition) is 2. The van der Waals surface area contributed by atoms with E-state index < -0.39 is 11.9 Å². The first-order valence-corrected chi connectivity index (χ1v) is 6.91. The van der Waals surface area contributed by atoms with Crippen molar-refractivity contribution in [2.45, 2.75) is 25.3 Å². The van der Waals surface area contributed by atoms with Gasteiger partial charge in [0.1, 0.15) is 11.9 Å². The molecule has 0 saturated carbocycles. The number of amides is 2. The minimum Gasteiger partial charge on any atom is -0.354 e. The van der Waals surface area contributed by atoms with E-state index in [0.717, 1.165) is 12.8 Å². The fraction of sp³-hybridized carbons (Fsp3) is 0.385. The molecule has 1 fully saturated rings. The van der Waals surface area contributed by atoms with Crippen LogP contribution in [0, 0.1) is 5.82 Å². The Balaban J connectivity index is 2.09. The Kier molecular flexibility index (Phi) is 4.52. The second-order valence-electron chi connectivity index (χ2n) is 4.44. The maximum absolute atomic E-state index is 13.0. The summed E-state index contributed by atoms with van der Waals surface area (Å²) < 4.78 is 13.3. The molecule has 0 radical (unpaired) electrons. The summed E-state index contributed by atoms with van der Waals surface area (Å²) in [5.74, 6) is -0.964. The summed E-state index contributed by atoms with van der Waals surface area (Å²) in [6.07, 6.45) is 2.42. The van der Waals surface area contributed by atoms with E-state index in [2.05, 4.69) is 26.6 Å². The van der Waals surface area contributed by atoms with Crippen LogP contribution in [0.25, 0.3) is 0 Å². The average Bonchev–Trinajstić information content (AvgIpc) is 2.55. The van der Waals surface area contributed by atoms with Gasteiger partial charge < -0.3 is 10.6 Å². The van der Waals surface area contributed by atoms with E-state index >= 15 is 0 Å². The van der Waals surface area contributed by atoms with Crippen LogP contribution in [0.4, 0.5) is 4.39 Å². The molecule has 1 aromatic rings. The van der Waals surface area contributed by atoms with E-state index in [-0.39, 0.29) is 11.8 Å². The largest absolute Gasteiger partial charge is 0.354 e. The lowest BCUT2D eigenvalue weighted by atomic mass is 10.1. The molecule has 0 bridgehead atoms. The lowest BCUT2D eigenvalue weighted by Gasteiger charge is -2.15. The molecule has 2 N–H and O–H groups in total. The first-order valence-electron chi connectivity index (χ1n) is 6.11. The van der Waals surface area contributed by atoms with Gasteiger partial charge in [0.2, 0.25) is 5.91 Å². The third-order valence-corrected chi connectivity index (χ3v) is 3.67. The number of carbonyl (C=O) groups excluding carboxylic acids is 2. The summed E-state index contributed by atoms with van der Waals surface area (Å²) in [5, 5.41) is 5.43. The second-order valence-corrected chi connectivity index (χ2v) is 5.29. The smallest absolute Gasteiger partial charge is 0.253 e. The monoisotopic (exact) mass is 328 g/mol. The summed E-state index contributed by atoms with van der Waals surface area (Å²) in [6, 6.07) is 3.31. The molecule has 19 heavy (non-hydrogen) atoms. The van der Waals surface area contributed by atoms with Gasteiger partial charge in [0.15, 0.2) is 0 Å². The van der Waals surface area contributed by atoms with E-state index in [1.54, 1.807) is 0 Å². The van der Waals surface area contributed by atoms with Crippen LogP contribution in [0.5, 0.6) is 0 Å². The lowest BCUT2D eigenvalue weighted by molar-refractivity contribution is -0.122. The van der Waals surface area contributed by atoms with Gasteiger partial charge in [-0.05, 0) is 53.4 Å². The highest BCUT2D eigenvalue weighted by atomic mass is 79.9. The van der Waals surface area contributed by atoms with Crippen molar-refractivity contribution >= 4 is 27.7 Å². The van der Waals surface area contributed by atoms with Crippen molar-refractivity contribution in [3.8, 4) is 0 Å². The maximum Gasteiger partial charge on any atom is 0.253 e. The van der Waals surface area contributed by atoms with Gasteiger partial charge in [0.05, 0.1) is 5.56 Å². The van der Waals surface area contributed by atoms with Crippen LogP contribution < -0.4 is 10.6 Å². The second kappa shape index (κ2) is 6.14. The molecular formula is C13H14BrFN2O2. The molecule has 1 aliphatic heterocycles. The summed E-state index contributed by atoms with van der Waals surface area (Å²) in [4.78, 5) is 23.8. The van der Waals surface area contributed by atoms with Crippen molar-refractivity contribution in [3.63, 3.8) is 0 Å². The average molecular weight is 329 g/mol. The molecule has 1 aliphatic rings. The maximum atomic E-state index is 13.0. The van der Waals surface area contributed by atoms with Crippen molar-refractivity contribution < 1.29 is 14.0 Å².